The molecule has 4 rings (SSSR count). The highest BCUT2D eigenvalue weighted by Gasteiger charge is 2.38. The number of hydrogen-bond donors (Lipinski definition) is 0. The molecule has 0 spiro atoms. The van der Waals surface area contributed by atoms with Crippen molar-refractivity contribution < 1.29 is 14.0 Å². The summed E-state index contributed by atoms with van der Waals surface area (Å²) in [6, 6.07) is 15.7. The normalized spacial score (nSPS) is 15.7. The van der Waals surface area contributed by atoms with E-state index in [0.717, 1.165) is 5.56 Å². The van der Waals surface area contributed by atoms with Crippen LogP contribution in [0.15, 0.2) is 69.5 Å². The van der Waals surface area contributed by atoms with Crippen molar-refractivity contribution in [2.75, 3.05) is 13.1 Å². The number of imide groups is 1. The first-order chi connectivity index (χ1) is 14.0. The molecule has 1 aliphatic heterocycles. The molecule has 0 aliphatic carbocycles. The lowest BCUT2D eigenvalue weighted by atomic mass is 10.1. The average Bonchev–Trinajstić information content (AvgIpc) is 2.97. The van der Waals surface area contributed by atoms with E-state index in [9.17, 15) is 14.4 Å². The molecule has 0 bridgehead atoms. The van der Waals surface area contributed by atoms with E-state index in [1.165, 1.54) is 15.9 Å². The molecule has 146 valence electrons. The molecule has 1 aliphatic rings. The fourth-order valence-corrected chi connectivity index (χ4v) is 3.48. The summed E-state index contributed by atoms with van der Waals surface area (Å²) >= 11 is 0. The van der Waals surface area contributed by atoms with E-state index in [1.807, 2.05) is 37.3 Å². The van der Waals surface area contributed by atoms with Gasteiger partial charge in [0.2, 0.25) is 0 Å². The summed E-state index contributed by atoms with van der Waals surface area (Å²) in [5.41, 5.74) is 2.09. The molecule has 6 nitrogen and oxygen atoms in total. The molecule has 6 heteroatoms. The quantitative estimate of drug-likeness (QED) is 0.498. The van der Waals surface area contributed by atoms with E-state index in [1.54, 1.807) is 31.2 Å². The maximum absolute atomic E-state index is 12.7. The molecule has 2 heterocycles. The minimum absolute atomic E-state index is 0.165. The van der Waals surface area contributed by atoms with Crippen LogP contribution in [0.4, 0.5) is 4.79 Å². The van der Waals surface area contributed by atoms with Gasteiger partial charge in [-0.2, -0.15) is 0 Å². The van der Waals surface area contributed by atoms with Crippen LogP contribution in [0.5, 0.6) is 0 Å². The van der Waals surface area contributed by atoms with Crippen LogP contribution in [0.2, 0.25) is 0 Å². The van der Waals surface area contributed by atoms with Crippen molar-refractivity contribution in [3.8, 4) is 11.3 Å². The minimum Gasteiger partial charge on any atom is -0.456 e. The highest BCUT2D eigenvalue weighted by atomic mass is 16.3. The minimum atomic E-state index is -0.328. The first-order valence-corrected chi connectivity index (χ1v) is 9.52. The van der Waals surface area contributed by atoms with Crippen LogP contribution in [0, 0.1) is 0 Å². The van der Waals surface area contributed by atoms with Gasteiger partial charge >= 0.3 is 6.03 Å². The van der Waals surface area contributed by atoms with Gasteiger partial charge in [-0.25, -0.2) is 4.79 Å². The summed E-state index contributed by atoms with van der Waals surface area (Å²) < 4.78 is 5.91. The molecule has 2 aromatic carbocycles. The summed E-state index contributed by atoms with van der Waals surface area (Å²) in [4.78, 5) is 40.2. The maximum atomic E-state index is 12.7. The molecule has 1 aromatic heterocycles. The molecule has 0 saturated carbocycles. The van der Waals surface area contributed by atoms with Crippen LogP contribution in [-0.4, -0.2) is 34.8 Å². The number of carbonyl (C=O) groups is 2. The SMILES string of the molecule is CCN1C(=O)/C(=C\c2ccc3oc(-c4ccccc4)cc(=O)c3c2)N(CC)C1=O. The highest BCUT2D eigenvalue weighted by Crippen LogP contribution is 2.26. The van der Waals surface area contributed by atoms with Crippen molar-refractivity contribution in [2.24, 2.45) is 0 Å². The van der Waals surface area contributed by atoms with Crippen molar-refractivity contribution in [1.82, 2.24) is 9.80 Å². The number of nitrogens with zero attached hydrogens (tertiary/aromatic N) is 2. The van der Waals surface area contributed by atoms with Gasteiger partial charge in [0.25, 0.3) is 5.91 Å². The first-order valence-electron chi connectivity index (χ1n) is 9.52. The van der Waals surface area contributed by atoms with Gasteiger partial charge in [0.05, 0.1) is 5.39 Å². The van der Waals surface area contributed by atoms with Crippen LogP contribution >= 0.6 is 0 Å². The number of benzene rings is 2. The van der Waals surface area contributed by atoms with Gasteiger partial charge in [-0.1, -0.05) is 36.4 Å². The summed E-state index contributed by atoms with van der Waals surface area (Å²) in [5.74, 6) is 0.174. The van der Waals surface area contributed by atoms with Gasteiger partial charge in [-0.05, 0) is 37.6 Å². The van der Waals surface area contributed by atoms with Gasteiger partial charge in [0, 0.05) is 24.7 Å². The van der Waals surface area contributed by atoms with Gasteiger partial charge in [0.1, 0.15) is 17.0 Å². The lowest BCUT2D eigenvalue weighted by Crippen LogP contribution is -2.32. The van der Waals surface area contributed by atoms with Crippen molar-refractivity contribution in [3.63, 3.8) is 0 Å². The van der Waals surface area contributed by atoms with E-state index in [4.69, 9.17) is 4.42 Å². The third-order valence-corrected chi connectivity index (χ3v) is 4.96. The molecular formula is C23H20N2O4. The lowest BCUT2D eigenvalue weighted by molar-refractivity contribution is -0.122. The Hall–Kier alpha value is -3.67. The molecule has 3 amide bonds. The van der Waals surface area contributed by atoms with Gasteiger partial charge in [-0.3, -0.25) is 19.4 Å². The number of rotatable bonds is 4. The monoisotopic (exact) mass is 388 g/mol. The molecule has 1 fully saturated rings. The van der Waals surface area contributed by atoms with Crippen molar-refractivity contribution in [3.05, 3.63) is 76.1 Å². The van der Waals surface area contributed by atoms with Crippen LogP contribution in [0.3, 0.4) is 0 Å². The molecule has 29 heavy (non-hydrogen) atoms. The molecule has 1 saturated heterocycles. The van der Waals surface area contributed by atoms with Gasteiger partial charge in [-0.15, -0.1) is 0 Å². The van der Waals surface area contributed by atoms with Gasteiger partial charge in [0.15, 0.2) is 5.43 Å². The molecule has 3 aromatic rings. The predicted octanol–water partition coefficient (Wildman–Crippen LogP) is 4.10. The smallest absolute Gasteiger partial charge is 0.331 e. The Morgan fingerprint density at radius 2 is 1.62 bits per heavy atom. The second-order valence-electron chi connectivity index (χ2n) is 6.70. The fourth-order valence-electron chi connectivity index (χ4n) is 3.48. The third-order valence-electron chi connectivity index (χ3n) is 4.96. The largest absolute Gasteiger partial charge is 0.456 e. The van der Waals surface area contributed by atoms with Crippen LogP contribution in [0.1, 0.15) is 19.4 Å². The van der Waals surface area contributed by atoms with Gasteiger partial charge < -0.3 is 4.42 Å². The number of urea groups is 1. The Morgan fingerprint density at radius 1 is 0.897 bits per heavy atom. The van der Waals surface area contributed by atoms with Crippen LogP contribution in [-0.2, 0) is 4.79 Å². The zero-order valence-electron chi connectivity index (χ0n) is 16.2. The van der Waals surface area contributed by atoms with E-state index in [0.29, 0.717) is 41.1 Å². The van der Waals surface area contributed by atoms with Crippen molar-refractivity contribution in [1.29, 1.82) is 0 Å². The Kier molecular flexibility index (Phi) is 4.76. The first kappa shape index (κ1) is 18.7. The summed E-state index contributed by atoms with van der Waals surface area (Å²) in [5, 5.41) is 0.422. The summed E-state index contributed by atoms with van der Waals surface area (Å²) in [7, 11) is 0. The number of fused-ring (bicyclic) bond motifs is 1. The van der Waals surface area contributed by atoms with E-state index < -0.39 is 0 Å². The maximum Gasteiger partial charge on any atom is 0.331 e. The Labute approximate surface area is 167 Å². The Bertz CT molecular complexity index is 1190. The zero-order valence-corrected chi connectivity index (χ0v) is 16.2. The summed E-state index contributed by atoms with van der Waals surface area (Å²) in [6.07, 6.45) is 1.64. The standard InChI is InChI=1S/C23H20N2O4/c1-3-24-18(22(27)25(4-2)23(24)28)13-15-10-11-20-17(12-15)19(26)14-21(29-20)16-8-6-5-7-9-16/h5-14H,3-4H2,1-2H3/b18-13+. The van der Waals surface area contributed by atoms with Crippen molar-refractivity contribution in [2.45, 2.75) is 13.8 Å². The van der Waals surface area contributed by atoms with Crippen molar-refractivity contribution >= 4 is 29.0 Å². The number of carbonyl (C=O) groups excluding carboxylic acids is 2. The second-order valence-corrected chi connectivity index (χ2v) is 6.70. The average molecular weight is 388 g/mol. The number of hydrogen-bond acceptors (Lipinski definition) is 4. The van der Waals surface area contributed by atoms with E-state index in [-0.39, 0.29) is 17.4 Å². The van der Waals surface area contributed by atoms with Crippen LogP contribution < -0.4 is 5.43 Å². The van der Waals surface area contributed by atoms with E-state index in [2.05, 4.69) is 0 Å². The predicted molar refractivity (Wildman–Crippen MR) is 111 cm³/mol. The number of amides is 3. The molecule has 0 radical (unpaired) electrons. The summed E-state index contributed by atoms with van der Waals surface area (Å²) in [6.45, 7) is 4.29. The zero-order chi connectivity index (χ0) is 20.5. The third kappa shape index (κ3) is 3.23. The Balaban J connectivity index is 1.78. The molecule has 0 atom stereocenters. The highest BCUT2D eigenvalue weighted by molar-refractivity contribution is 6.14. The number of likely N-dealkylation sites (N-methyl/N-ethyl adjacent to an activating group) is 2. The second kappa shape index (κ2) is 7.39. The van der Waals surface area contributed by atoms with E-state index >= 15 is 0 Å². The topological polar surface area (TPSA) is 70.8 Å². The molecular weight excluding hydrogens is 368 g/mol. The molecule has 0 unspecified atom stereocenters. The molecule has 0 N–H and O–H groups in total. The fraction of sp³-hybridized carbons (Fsp3) is 0.174. The van der Waals surface area contributed by atoms with Crippen LogP contribution in [0.25, 0.3) is 28.4 Å². The Morgan fingerprint density at radius 3 is 2.31 bits per heavy atom. The lowest BCUT2D eigenvalue weighted by Gasteiger charge is -2.13.